The number of nitrogens with two attached hydrogens (primary N) is 1. The third kappa shape index (κ3) is 2.94. The average Bonchev–Trinajstić information content (AvgIpc) is 3.00. The van der Waals surface area contributed by atoms with Gasteiger partial charge in [-0.15, -0.1) is 0 Å². The molecule has 1 aromatic heterocycles. The van der Waals surface area contributed by atoms with E-state index in [4.69, 9.17) is 10.5 Å². The molecule has 2 N–H and O–H groups in total. The largest absolute Gasteiger partial charge is 0.444 e. The van der Waals surface area contributed by atoms with Gasteiger partial charge >= 0.3 is 0 Å². The summed E-state index contributed by atoms with van der Waals surface area (Å²) in [5, 5.41) is 14.1. The van der Waals surface area contributed by atoms with Gasteiger partial charge in [0, 0.05) is 31.2 Å². The van der Waals surface area contributed by atoms with Gasteiger partial charge in [0.25, 0.3) is 0 Å². The number of carbonyl (C=O) groups is 1. The Morgan fingerprint density at radius 1 is 1.50 bits per heavy atom. The molecule has 3 rings (SSSR count). The summed E-state index contributed by atoms with van der Waals surface area (Å²) in [7, 11) is 0. The maximum Gasteiger partial charge on any atom is 0.205 e. The van der Waals surface area contributed by atoms with E-state index in [-0.39, 0.29) is 17.2 Å². The predicted octanol–water partition coefficient (Wildman–Crippen LogP) is 2.74. The van der Waals surface area contributed by atoms with E-state index in [2.05, 4.69) is 25.0 Å². The Bertz CT molecular complexity index is 764. The minimum atomic E-state index is -0.508. The van der Waals surface area contributed by atoms with Crippen LogP contribution in [0.25, 0.3) is 0 Å². The van der Waals surface area contributed by atoms with Gasteiger partial charge < -0.3 is 10.5 Å². The highest BCUT2D eigenvalue weighted by Crippen LogP contribution is 2.42. The molecule has 0 spiro atoms. The first kappa shape index (κ1) is 16.3. The number of aryl methyl sites for hydroxylation is 1. The zero-order valence-electron chi connectivity index (χ0n) is 14.1. The van der Waals surface area contributed by atoms with Gasteiger partial charge in [0.2, 0.25) is 5.88 Å². The van der Waals surface area contributed by atoms with Crippen LogP contribution in [0.5, 0.6) is 0 Å². The highest BCUT2D eigenvalue weighted by molar-refractivity contribution is 5.99. The number of ether oxygens (including phenoxy) is 1. The van der Waals surface area contributed by atoms with Gasteiger partial charge in [-0.1, -0.05) is 13.8 Å². The van der Waals surface area contributed by atoms with Crippen LogP contribution in [0, 0.1) is 17.2 Å². The van der Waals surface area contributed by atoms with E-state index in [1.807, 2.05) is 16.9 Å². The van der Waals surface area contributed by atoms with Crippen molar-refractivity contribution in [2.24, 2.45) is 11.7 Å². The summed E-state index contributed by atoms with van der Waals surface area (Å²) in [6.45, 7) is 5.14. The Hall–Kier alpha value is -2.55. The van der Waals surface area contributed by atoms with Crippen LogP contribution >= 0.6 is 0 Å². The zero-order chi connectivity index (χ0) is 17.3. The number of ketones is 1. The van der Waals surface area contributed by atoms with E-state index in [0.29, 0.717) is 35.8 Å². The highest BCUT2D eigenvalue weighted by Gasteiger charge is 2.39. The molecule has 0 amide bonds. The van der Waals surface area contributed by atoms with Crippen LogP contribution in [0.2, 0.25) is 0 Å². The average molecular weight is 326 g/mol. The molecule has 1 aromatic rings. The molecule has 0 aromatic carbocycles. The van der Waals surface area contributed by atoms with E-state index in [0.717, 1.165) is 19.4 Å². The second-order valence-electron chi connectivity index (χ2n) is 6.72. The molecule has 6 heteroatoms. The smallest absolute Gasteiger partial charge is 0.205 e. The Balaban J connectivity index is 1.98. The lowest BCUT2D eigenvalue weighted by Gasteiger charge is -2.29. The molecular formula is C18H22N4O2. The number of nitriles is 1. The lowest BCUT2D eigenvalue weighted by Crippen LogP contribution is -2.27. The van der Waals surface area contributed by atoms with Gasteiger partial charge in [-0.05, 0) is 24.8 Å². The molecule has 2 aliphatic rings. The molecule has 0 saturated carbocycles. The number of hydrogen-bond acceptors (Lipinski definition) is 5. The molecule has 2 heterocycles. The molecule has 1 aliphatic carbocycles. The topological polar surface area (TPSA) is 93.9 Å². The van der Waals surface area contributed by atoms with Gasteiger partial charge in [-0.3, -0.25) is 9.48 Å². The first-order chi connectivity index (χ1) is 11.5. The van der Waals surface area contributed by atoms with Gasteiger partial charge in [0.1, 0.15) is 17.4 Å². The molecule has 1 atom stereocenters. The fourth-order valence-electron chi connectivity index (χ4n) is 3.20. The summed E-state index contributed by atoms with van der Waals surface area (Å²) < 4.78 is 7.43. The van der Waals surface area contributed by atoms with E-state index >= 15 is 0 Å². The van der Waals surface area contributed by atoms with Crippen molar-refractivity contribution in [1.29, 1.82) is 5.26 Å². The lowest BCUT2D eigenvalue weighted by atomic mass is 9.80. The van der Waals surface area contributed by atoms with Crippen LogP contribution in [0.15, 0.2) is 35.1 Å². The molecule has 0 bridgehead atoms. The number of nitrogens with zero attached hydrogens (tertiary/aromatic N) is 3. The fraction of sp³-hybridized carbons (Fsp3) is 0.500. The summed E-state index contributed by atoms with van der Waals surface area (Å²) in [6.07, 6.45) is 4.82. The predicted molar refractivity (Wildman–Crippen MR) is 88.2 cm³/mol. The van der Waals surface area contributed by atoms with Crippen molar-refractivity contribution in [3.05, 3.63) is 40.7 Å². The van der Waals surface area contributed by atoms with Crippen molar-refractivity contribution in [3.8, 4) is 6.07 Å². The number of hydrogen-bond donors (Lipinski definition) is 1. The highest BCUT2D eigenvalue weighted by atomic mass is 16.5. The van der Waals surface area contributed by atoms with Crippen LogP contribution < -0.4 is 5.73 Å². The molecule has 0 radical (unpaired) electrons. The Labute approximate surface area is 141 Å². The van der Waals surface area contributed by atoms with E-state index in [1.54, 1.807) is 0 Å². The Morgan fingerprint density at radius 3 is 3.00 bits per heavy atom. The van der Waals surface area contributed by atoms with Crippen LogP contribution in [0.3, 0.4) is 0 Å². The summed E-state index contributed by atoms with van der Waals surface area (Å²) in [4.78, 5) is 12.5. The molecular weight excluding hydrogens is 304 g/mol. The molecule has 6 nitrogen and oxygen atoms in total. The molecule has 1 aliphatic heterocycles. The minimum Gasteiger partial charge on any atom is -0.444 e. The maximum absolute atomic E-state index is 12.5. The first-order valence-corrected chi connectivity index (χ1v) is 8.38. The second-order valence-corrected chi connectivity index (χ2v) is 6.72. The van der Waals surface area contributed by atoms with Crippen molar-refractivity contribution in [3.63, 3.8) is 0 Å². The van der Waals surface area contributed by atoms with E-state index in [1.165, 1.54) is 0 Å². The summed E-state index contributed by atoms with van der Waals surface area (Å²) in [6, 6.07) is 3.98. The van der Waals surface area contributed by atoms with E-state index < -0.39 is 5.92 Å². The second kappa shape index (κ2) is 6.52. The third-order valence-electron chi connectivity index (χ3n) is 4.50. The van der Waals surface area contributed by atoms with Crippen LogP contribution in [-0.2, 0) is 16.1 Å². The Kier molecular flexibility index (Phi) is 4.43. The standard InChI is InChI=1S/C18H22N4O2/c1-11(2)6-8-22-9-7-13(21-22)16-12(10-19)18(20)24-15-5-3-4-14(23)17(15)16/h7,9,11,16H,3-6,8,20H2,1-2H3. The third-order valence-corrected chi connectivity index (χ3v) is 4.50. The van der Waals surface area contributed by atoms with Crippen molar-refractivity contribution < 1.29 is 9.53 Å². The van der Waals surface area contributed by atoms with Crippen LogP contribution in [0.4, 0.5) is 0 Å². The number of carbonyl (C=O) groups excluding carboxylic acids is 1. The van der Waals surface area contributed by atoms with Gasteiger partial charge in [-0.25, -0.2) is 0 Å². The Morgan fingerprint density at radius 2 is 2.29 bits per heavy atom. The minimum absolute atomic E-state index is 0.0261. The van der Waals surface area contributed by atoms with Crippen LogP contribution in [0.1, 0.15) is 51.1 Å². The molecule has 126 valence electrons. The van der Waals surface area contributed by atoms with Gasteiger partial charge in [0.15, 0.2) is 5.78 Å². The summed E-state index contributed by atoms with van der Waals surface area (Å²) in [5.41, 5.74) is 7.45. The first-order valence-electron chi connectivity index (χ1n) is 8.38. The van der Waals surface area contributed by atoms with Gasteiger partial charge in [0.05, 0.1) is 11.6 Å². The monoisotopic (exact) mass is 326 g/mol. The molecule has 0 saturated heterocycles. The fourth-order valence-corrected chi connectivity index (χ4v) is 3.20. The lowest BCUT2D eigenvalue weighted by molar-refractivity contribution is -0.116. The molecule has 24 heavy (non-hydrogen) atoms. The number of aromatic nitrogens is 2. The number of allylic oxidation sites excluding steroid dienone is 3. The zero-order valence-corrected chi connectivity index (χ0v) is 14.1. The van der Waals surface area contributed by atoms with Gasteiger partial charge in [-0.2, -0.15) is 10.4 Å². The molecule has 0 fully saturated rings. The van der Waals surface area contributed by atoms with Crippen molar-refractivity contribution in [1.82, 2.24) is 9.78 Å². The normalized spacial score (nSPS) is 20.9. The molecule has 1 unspecified atom stereocenters. The van der Waals surface area contributed by atoms with E-state index in [9.17, 15) is 10.1 Å². The number of rotatable bonds is 4. The quantitative estimate of drug-likeness (QED) is 0.918. The summed E-state index contributed by atoms with van der Waals surface area (Å²) >= 11 is 0. The van der Waals surface area contributed by atoms with Crippen LogP contribution in [-0.4, -0.2) is 15.6 Å². The SMILES string of the molecule is CC(C)CCn1ccc(C2C(C#N)=C(N)OC3=C2C(=O)CCC3)n1. The maximum atomic E-state index is 12.5. The van der Waals surface area contributed by atoms with Crippen molar-refractivity contribution in [2.45, 2.75) is 52.0 Å². The number of Topliss-reactive ketones (excluding diaryl/α,β-unsaturated/α-hetero) is 1. The van der Waals surface area contributed by atoms with Crippen molar-refractivity contribution in [2.75, 3.05) is 0 Å². The summed E-state index contributed by atoms with van der Waals surface area (Å²) in [5.74, 6) is 0.794. The van der Waals surface area contributed by atoms with Crippen molar-refractivity contribution >= 4 is 5.78 Å².